The van der Waals surface area contributed by atoms with Gasteiger partial charge in [-0.15, -0.1) is 0 Å². The van der Waals surface area contributed by atoms with Gasteiger partial charge < -0.3 is 25.8 Å². The molecule has 3 fully saturated rings. The number of carbonyl (C=O) groups is 3. The summed E-state index contributed by atoms with van der Waals surface area (Å²) >= 11 is 6.15. The third kappa shape index (κ3) is 9.22. The highest BCUT2D eigenvalue weighted by atomic mass is 35.5. The molecule has 2 aromatic carbocycles. The number of hydrogen-bond donors (Lipinski definition) is 2. The number of nitrogens with zero attached hydrogens (tertiary/aromatic N) is 4. The number of alkyl halides is 3. The lowest BCUT2D eigenvalue weighted by Crippen LogP contribution is -2.50. The Labute approximate surface area is 314 Å². The second-order valence-corrected chi connectivity index (χ2v) is 17.3. The van der Waals surface area contributed by atoms with Crippen molar-refractivity contribution in [2.75, 3.05) is 63.1 Å². The first kappa shape index (κ1) is 39.1. The summed E-state index contributed by atoms with van der Waals surface area (Å²) in [6.07, 6.45) is 0.968. The van der Waals surface area contributed by atoms with Crippen LogP contribution in [0.4, 0.5) is 29.3 Å². The molecule has 290 valence electrons. The molecule has 1 atom stereocenters. The maximum absolute atomic E-state index is 14.2. The predicted octanol–water partition coefficient (Wildman–Crippen LogP) is 5.48. The Morgan fingerprint density at radius 3 is 2.15 bits per heavy atom. The number of halogens is 4. The van der Waals surface area contributed by atoms with Crippen molar-refractivity contribution in [3.05, 3.63) is 58.1 Å². The molecule has 0 bridgehead atoms. The summed E-state index contributed by atoms with van der Waals surface area (Å²) < 4.78 is 67.0. The number of para-hydroxylation sites is 1. The molecule has 4 heterocycles. The van der Waals surface area contributed by atoms with Gasteiger partial charge in [-0.3, -0.25) is 9.59 Å². The van der Waals surface area contributed by atoms with Gasteiger partial charge in [-0.1, -0.05) is 29.8 Å². The Hall–Kier alpha value is -3.56. The van der Waals surface area contributed by atoms with E-state index in [1.807, 2.05) is 29.2 Å². The second-order valence-electron chi connectivity index (χ2n) is 14.9. The van der Waals surface area contributed by atoms with E-state index < -0.39 is 33.4 Å². The molecule has 53 heavy (non-hydrogen) atoms. The Morgan fingerprint density at radius 2 is 1.53 bits per heavy atom. The lowest BCUT2D eigenvalue weighted by atomic mass is 9.79. The monoisotopic (exact) mass is 780 g/mol. The van der Waals surface area contributed by atoms with Gasteiger partial charge in [-0.05, 0) is 92.5 Å². The molecule has 0 spiro atoms. The van der Waals surface area contributed by atoms with Crippen LogP contribution in [0.2, 0.25) is 5.02 Å². The summed E-state index contributed by atoms with van der Waals surface area (Å²) in [7, 11) is -3.24. The summed E-state index contributed by atoms with van der Waals surface area (Å²) in [5, 5.41) is 2.73. The highest BCUT2D eigenvalue weighted by Crippen LogP contribution is 2.39. The van der Waals surface area contributed by atoms with Crippen molar-refractivity contribution in [2.45, 2.75) is 70.0 Å². The van der Waals surface area contributed by atoms with E-state index in [0.717, 1.165) is 43.0 Å². The third-order valence-corrected chi connectivity index (χ3v) is 13.2. The van der Waals surface area contributed by atoms with Crippen molar-refractivity contribution in [1.29, 1.82) is 0 Å². The Bertz CT molecular complexity index is 1790. The number of carbonyl (C=O) groups excluding carboxylic acids is 3. The molecule has 3 N–H and O–H groups in total. The van der Waals surface area contributed by atoms with E-state index in [1.54, 1.807) is 9.80 Å². The van der Waals surface area contributed by atoms with Crippen LogP contribution in [0.3, 0.4) is 0 Å². The van der Waals surface area contributed by atoms with E-state index >= 15 is 0 Å². The van der Waals surface area contributed by atoms with Crippen LogP contribution in [-0.4, -0.2) is 103 Å². The number of rotatable bonds is 8. The largest absolute Gasteiger partial charge is 0.418 e. The number of nitrogen functional groups attached to an aromatic ring is 1. The number of benzene rings is 2. The van der Waals surface area contributed by atoms with Crippen LogP contribution < -0.4 is 11.1 Å². The first-order chi connectivity index (χ1) is 25.1. The summed E-state index contributed by atoms with van der Waals surface area (Å²) in [4.78, 5) is 46.3. The van der Waals surface area contributed by atoms with E-state index in [-0.39, 0.29) is 47.3 Å². The number of anilines is 2. The van der Waals surface area contributed by atoms with E-state index in [1.165, 1.54) is 16.6 Å². The molecule has 11 nitrogen and oxygen atoms in total. The molecule has 4 aliphatic rings. The van der Waals surface area contributed by atoms with Crippen molar-refractivity contribution in [1.82, 2.24) is 19.0 Å². The standard InChI is InChI=1S/C37H48ClF3N6O5S/c1-53(51,52)46-17-8-26(9-18-46)25-6-13-45(14-7-25)35(49)28(20-24-21-30(37(39,40)41)34(42)31(38)22-24)23-33(48)44-15-11-29(12-16-44)47-19-10-27-4-2-3-5-32(27)43-36(47)50/h2-5,21-22,25-26,28-29H,6-20,23,42H2,1H3,(H,43,50)/t28-/m0/s1. The topological polar surface area (TPSA) is 136 Å². The van der Waals surface area contributed by atoms with Crippen LogP contribution in [0.5, 0.6) is 0 Å². The van der Waals surface area contributed by atoms with Crippen LogP contribution in [0.1, 0.15) is 61.6 Å². The SMILES string of the molecule is CS(=O)(=O)N1CCC(C2CCN(C(=O)[C@H](CC(=O)N3CCC(N4CCc5ccccc5NC4=O)CC3)Cc3cc(Cl)c(N)c(C(F)(F)F)c3)CC2)CC1. The first-order valence-electron chi connectivity index (χ1n) is 18.4. The van der Waals surface area contributed by atoms with Crippen LogP contribution in [0, 0.1) is 17.8 Å². The molecule has 2 aromatic rings. The van der Waals surface area contributed by atoms with Gasteiger partial charge in [0.15, 0.2) is 0 Å². The van der Waals surface area contributed by atoms with Crippen LogP contribution >= 0.6 is 11.6 Å². The predicted molar refractivity (Wildman–Crippen MR) is 197 cm³/mol. The number of piperidine rings is 3. The Morgan fingerprint density at radius 1 is 0.925 bits per heavy atom. The van der Waals surface area contributed by atoms with Crippen molar-refractivity contribution >= 4 is 50.8 Å². The molecule has 0 unspecified atom stereocenters. The van der Waals surface area contributed by atoms with Gasteiger partial charge in [0.2, 0.25) is 21.8 Å². The number of nitrogens with two attached hydrogens (primary N) is 1. The number of fused-ring (bicyclic) bond motifs is 1. The molecule has 4 aliphatic heterocycles. The maximum Gasteiger partial charge on any atom is 0.418 e. The molecule has 0 saturated carbocycles. The average Bonchev–Trinajstić information content (AvgIpc) is 3.29. The molecule has 0 aliphatic carbocycles. The molecule has 6 rings (SSSR count). The molecule has 4 amide bonds. The number of hydrogen-bond acceptors (Lipinski definition) is 6. The normalized spacial score (nSPS) is 20.8. The second kappa shape index (κ2) is 16.0. The summed E-state index contributed by atoms with van der Waals surface area (Å²) in [6.45, 7) is 3.18. The minimum atomic E-state index is -4.75. The van der Waals surface area contributed by atoms with Gasteiger partial charge in [-0.2, -0.15) is 13.2 Å². The zero-order valence-corrected chi connectivity index (χ0v) is 31.5. The van der Waals surface area contributed by atoms with Gasteiger partial charge in [0.05, 0.1) is 28.4 Å². The van der Waals surface area contributed by atoms with Crippen LogP contribution in [0.15, 0.2) is 36.4 Å². The van der Waals surface area contributed by atoms with Crippen molar-refractivity contribution in [2.24, 2.45) is 17.8 Å². The van der Waals surface area contributed by atoms with Gasteiger partial charge in [-0.25, -0.2) is 17.5 Å². The molecule has 0 aromatic heterocycles. The average molecular weight is 781 g/mol. The van der Waals surface area contributed by atoms with Crippen LogP contribution in [0.25, 0.3) is 0 Å². The third-order valence-electron chi connectivity index (χ3n) is 11.6. The van der Waals surface area contributed by atoms with Gasteiger partial charge in [0.1, 0.15) is 0 Å². The van der Waals surface area contributed by atoms with Crippen molar-refractivity contribution in [3.8, 4) is 0 Å². The minimum absolute atomic E-state index is 0.0663. The molecular weight excluding hydrogens is 733 g/mol. The number of urea groups is 1. The van der Waals surface area contributed by atoms with E-state index in [0.29, 0.717) is 76.9 Å². The fraction of sp³-hybridized carbons (Fsp3) is 0.595. The minimum Gasteiger partial charge on any atom is -0.397 e. The fourth-order valence-electron chi connectivity index (χ4n) is 8.59. The summed E-state index contributed by atoms with van der Waals surface area (Å²) in [5.74, 6) is -0.808. The quantitative estimate of drug-likeness (QED) is 0.341. The van der Waals surface area contributed by atoms with E-state index in [4.69, 9.17) is 17.3 Å². The number of likely N-dealkylation sites (tertiary alicyclic amines) is 2. The van der Waals surface area contributed by atoms with Gasteiger partial charge in [0, 0.05) is 64.0 Å². The summed E-state index contributed by atoms with van der Waals surface area (Å²) in [5.41, 5.74) is 6.05. The van der Waals surface area contributed by atoms with Gasteiger partial charge >= 0.3 is 12.2 Å². The van der Waals surface area contributed by atoms with E-state index in [2.05, 4.69) is 5.32 Å². The van der Waals surface area contributed by atoms with Crippen molar-refractivity contribution in [3.63, 3.8) is 0 Å². The smallest absolute Gasteiger partial charge is 0.397 e. The van der Waals surface area contributed by atoms with Crippen LogP contribution in [-0.2, 0) is 38.6 Å². The number of nitrogens with one attached hydrogen (secondary N) is 1. The Balaban J connectivity index is 1.11. The highest BCUT2D eigenvalue weighted by molar-refractivity contribution is 7.88. The van der Waals surface area contributed by atoms with Gasteiger partial charge in [0.25, 0.3) is 0 Å². The van der Waals surface area contributed by atoms with E-state index in [9.17, 15) is 36.0 Å². The molecule has 3 saturated heterocycles. The zero-order chi connectivity index (χ0) is 38.1. The number of sulfonamides is 1. The number of amides is 4. The molecular formula is C37H48ClF3N6O5S. The highest BCUT2D eigenvalue weighted by Gasteiger charge is 2.38. The first-order valence-corrected chi connectivity index (χ1v) is 20.6. The lowest BCUT2D eigenvalue weighted by molar-refractivity contribution is -0.143. The fourth-order valence-corrected chi connectivity index (χ4v) is 9.71. The molecule has 0 radical (unpaired) electrons. The zero-order valence-electron chi connectivity index (χ0n) is 29.9. The lowest BCUT2D eigenvalue weighted by Gasteiger charge is -2.40. The summed E-state index contributed by atoms with van der Waals surface area (Å²) in [6, 6.07) is 9.71. The molecule has 16 heteroatoms. The Kier molecular flexibility index (Phi) is 11.8. The van der Waals surface area contributed by atoms with Crippen molar-refractivity contribution < 1.29 is 36.0 Å². The maximum atomic E-state index is 14.2.